The van der Waals surface area contributed by atoms with Gasteiger partial charge in [-0.25, -0.2) is 13.8 Å². The summed E-state index contributed by atoms with van der Waals surface area (Å²) in [6.07, 6.45) is 5.06. The van der Waals surface area contributed by atoms with Crippen molar-refractivity contribution in [2.45, 2.75) is 60.0 Å². The summed E-state index contributed by atoms with van der Waals surface area (Å²) in [5.74, 6) is -0.143. The lowest BCUT2D eigenvalue weighted by atomic mass is 10.0. The van der Waals surface area contributed by atoms with E-state index in [0.29, 0.717) is 16.1 Å². The summed E-state index contributed by atoms with van der Waals surface area (Å²) in [5.41, 5.74) is 7.12. The Bertz CT molecular complexity index is 1720. The van der Waals surface area contributed by atoms with Crippen LogP contribution in [0.4, 0.5) is 21.0 Å². The van der Waals surface area contributed by atoms with E-state index in [1.807, 2.05) is 13.1 Å². The number of thioether (sulfide) groups is 1. The number of aliphatic imine (C=N–C) groups is 1. The maximum absolute atomic E-state index is 12.8. The SMILES string of the molecule is C.C.[B]P(C)N(CCCN(C)C)c1ccc[n+](CC(C)C)c1N=CC.[B]P(C)OC(=O)C1=C(CI)CSC2C(NC(=O)/C(=N\OCF)c3nsc(N)n3)C(=O)N12.[I-]. The standard InChI is InChI=1S/C17H31BN4P.C14H14BFIN6O5PS2.2CH4.HI/c1-7-19-17-16(10-8-12-21(17)14-15(2)3)22(23(6)18)13-9-11-20(4)5;1-29(15)28-13(26)8-5(2-17)3-30-12-7(11(25)23(8)12)19-10(24)6(21-27-4-16)9-20-14(18)31-22-9;;;/h7-8,10,12,15H,9,11,13-14H2,1-6H3;7,12H,2-4H2,1H3,(H,19,24)(H2,18,20,22);2*1H4;1H/q+1;;;;/p-1/b;21-6-;;;. The van der Waals surface area contributed by atoms with Gasteiger partial charge in [-0.15, -0.1) is 11.8 Å². The van der Waals surface area contributed by atoms with Crippen LogP contribution in [0.25, 0.3) is 0 Å². The molecule has 24 heteroatoms. The van der Waals surface area contributed by atoms with E-state index in [2.05, 4.69) is 119 Å². The molecule has 0 spiro atoms. The Morgan fingerprint density at radius 3 is 2.49 bits per heavy atom. The lowest BCUT2D eigenvalue weighted by molar-refractivity contribution is -0.689. The average Bonchev–Trinajstić information content (AvgIpc) is 3.54. The lowest BCUT2D eigenvalue weighted by Crippen LogP contribution is -3.00. The summed E-state index contributed by atoms with van der Waals surface area (Å²) < 4.78 is 26.5. The van der Waals surface area contributed by atoms with Crippen molar-refractivity contribution in [1.82, 2.24) is 24.5 Å². The molecule has 1 fully saturated rings. The third-order valence-corrected chi connectivity index (χ3v) is 11.9. The molecule has 4 heterocycles. The highest BCUT2D eigenvalue weighted by Crippen LogP contribution is 2.43. The summed E-state index contributed by atoms with van der Waals surface area (Å²) >= 11 is 4.29. The van der Waals surface area contributed by atoms with Crippen molar-refractivity contribution in [2.24, 2.45) is 16.1 Å². The second-order valence-corrected chi connectivity index (χ2v) is 18.1. The van der Waals surface area contributed by atoms with Crippen LogP contribution in [0.3, 0.4) is 0 Å². The Morgan fingerprint density at radius 2 is 1.96 bits per heavy atom. The van der Waals surface area contributed by atoms with E-state index in [0.717, 1.165) is 54.7 Å². The first-order chi connectivity index (χ1) is 25.6. The van der Waals surface area contributed by atoms with Gasteiger partial charge in [-0.3, -0.25) is 14.5 Å². The summed E-state index contributed by atoms with van der Waals surface area (Å²) in [4.78, 5) is 54.3. The van der Waals surface area contributed by atoms with Crippen molar-refractivity contribution in [3.8, 4) is 0 Å². The fourth-order valence-corrected chi connectivity index (χ4v) is 9.36. The largest absolute Gasteiger partial charge is 1.00 e. The quantitative estimate of drug-likeness (QED) is 0.0348. The molecule has 2 aromatic heterocycles. The van der Waals surface area contributed by atoms with Crippen molar-refractivity contribution in [2.75, 3.05) is 68.0 Å². The number of oxime groups is 1. The van der Waals surface area contributed by atoms with Crippen LogP contribution in [0.5, 0.6) is 0 Å². The Labute approximate surface area is 381 Å². The smallest absolute Gasteiger partial charge is 0.356 e. The molecule has 4 rings (SSSR count). The van der Waals surface area contributed by atoms with E-state index in [1.54, 1.807) is 6.66 Å². The van der Waals surface area contributed by atoms with E-state index in [-0.39, 0.29) is 55.5 Å². The van der Waals surface area contributed by atoms with E-state index in [1.165, 1.54) is 16.7 Å². The van der Waals surface area contributed by atoms with Gasteiger partial charge in [0.1, 0.15) is 36.6 Å². The lowest BCUT2D eigenvalue weighted by Gasteiger charge is -2.49. The molecule has 2 aromatic rings. The summed E-state index contributed by atoms with van der Waals surface area (Å²) in [5, 5.41) is 5.44. The van der Waals surface area contributed by atoms with Crippen LogP contribution in [0.15, 0.2) is 39.7 Å². The minimum atomic E-state index is -1.46. The number of fused-ring (bicyclic) bond motifs is 1. The number of amides is 2. The van der Waals surface area contributed by atoms with E-state index in [4.69, 9.17) is 25.4 Å². The van der Waals surface area contributed by atoms with Crippen LogP contribution >= 0.6 is 61.9 Å². The number of hydrogen-bond acceptors (Lipinski definition) is 14. The molecule has 314 valence electrons. The molecular weight excluding hydrogens is 1040 g/mol. The van der Waals surface area contributed by atoms with Gasteiger partial charge in [0.15, 0.2) is 12.7 Å². The molecule has 0 aliphatic carbocycles. The van der Waals surface area contributed by atoms with Crippen LogP contribution in [-0.4, -0.2) is 133 Å². The van der Waals surface area contributed by atoms with E-state index >= 15 is 0 Å². The first kappa shape index (κ1) is 55.3. The zero-order valence-corrected chi connectivity index (χ0v) is 39.4. The van der Waals surface area contributed by atoms with Crippen molar-refractivity contribution in [1.29, 1.82) is 0 Å². The predicted molar refractivity (Wildman–Crippen MR) is 241 cm³/mol. The molecule has 4 unspecified atom stereocenters. The fourth-order valence-electron chi connectivity index (χ4n) is 5.28. The third-order valence-electron chi connectivity index (χ3n) is 7.46. The minimum absolute atomic E-state index is 0. The number of aromatic nitrogens is 3. The topological polar surface area (TPSA) is 172 Å². The number of carbonyl (C=O) groups is 3. The van der Waals surface area contributed by atoms with E-state index in [9.17, 15) is 18.8 Å². The van der Waals surface area contributed by atoms with Crippen LogP contribution in [0.2, 0.25) is 0 Å². The number of hydrogen-bond donors (Lipinski definition) is 2. The van der Waals surface area contributed by atoms with Gasteiger partial charge in [0.25, 0.3) is 18.7 Å². The Hall–Kier alpha value is -1.71. The zero-order valence-electron chi connectivity index (χ0n) is 31.7. The number of nitrogens with one attached hydrogen (secondary N) is 1. The molecule has 2 aliphatic heterocycles. The van der Waals surface area contributed by atoms with Gasteiger partial charge in [0.05, 0.1) is 12.7 Å². The monoisotopic (exact) mass is 1090 g/mol. The number of anilines is 2. The second-order valence-electron chi connectivity index (χ2n) is 12.5. The molecule has 0 aromatic carbocycles. The number of nitrogens with two attached hydrogens (primary N) is 1. The van der Waals surface area contributed by atoms with Crippen LogP contribution in [0.1, 0.15) is 47.9 Å². The first-order valence-corrected chi connectivity index (χ1v) is 23.6. The molecular formula is C33H53B2FI2N10O5P2S2. The average molecular weight is 1090 g/mol. The van der Waals surface area contributed by atoms with Crippen molar-refractivity contribution in [3.05, 3.63) is 35.4 Å². The van der Waals surface area contributed by atoms with Gasteiger partial charge in [0, 0.05) is 36.3 Å². The predicted octanol–water partition coefficient (Wildman–Crippen LogP) is 2.01. The zero-order chi connectivity index (χ0) is 40.1. The molecule has 0 bridgehead atoms. The maximum atomic E-state index is 12.8. The molecule has 1 saturated heterocycles. The molecule has 4 radical (unpaired) electrons. The minimum Gasteiger partial charge on any atom is -1.00 e. The van der Waals surface area contributed by atoms with Gasteiger partial charge >= 0.3 is 11.8 Å². The van der Waals surface area contributed by atoms with E-state index < -0.39 is 57.7 Å². The highest BCUT2D eigenvalue weighted by atomic mass is 127. The van der Waals surface area contributed by atoms with Crippen LogP contribution in [-0.2, 0) is 30.3 Å². The second kappa shape index (κ2) is 27.2. The molecule has 0 saturated carbocycles. The molecule has 4 atom stereocenters. The number of nitrogen functional groups attached to an aromatic ring is 1. The van der Waals surface area contributed by atoms with Crippen LogP contribution < -0.4 is 44.3 Å². The molecule has 2 amide bonds. The maximum Gasteiger partial charge on any atom is 0.356 e. The van der Waals surface area contributed by atoms with Crippen molar-refractivity contribution < 1.29 is 56.7 Å². The number of halogens is 3. The van der Waals surface area contributed by atoms with Crippen LogP contribution in [0, 0.1) is 5.92 Å². The number of β-lactam (4-membered cyclic amide) rings is 1. The number of pyridine rings is 1. The summed E-state index contributed by atoms with van der Waals surface area (Å²) in [6.45, 7) is 11.8. The van der Waals surface area contributed by atoms with Gasteiger partial charge in [-0.2, -0.15) is 9.36 Å². The Morgan fingerprint density at radius 1 is 1.28 bits per heavy atom. The van der Waals surface area contributed by atoms with Crippen molar-refractivity contribution >= 4 is 123 Å². The number of alkyl halides is 2. The van der Waals surface area contributed by atoms with Gasteiger partial charge in [-0.1, -0.05) is 69.4 Å². The highest BCUT2D eigenvalue weighted by Gasteiger charge is 2.54. The van der Waals surface area contributed by atoms with Gasteiger partial charge < -0.3 is 54.0 Å². The highest BCUT2D eigenvalue weighted by molar-refractivity contribution is 14.1. The van der Waals surface area contributed by atoms with Gasteiger partial charge in [-0.05, 0) is 70.9 Å². The number of nitrogens with zero attached hydrogens (tertiary/aromatic N) is 8. The van der Waals surface area contributed by atoms with Gasteiger partial charge in [0.2, 0.25) is 11.5 Å². The molecule has 2 aliphatic rings. The third kappa shape index (κ3) is 15.7. The normalized spacial score (nSPS) is 17.2. The molecule has 15 nitrogen and oxygen atoms in total. The van der Waals surface area contributed by atoms with Crippen molar-refractivity contribution in [3.63, 3.8) is 0 Å². The summed E-state index contributed by atoms with van der Waals surface area (Å²) in [6, 6.07) is 3.29. The number of rotatable bonds is 17. The summed E-state index contributed by atoms with van der Waals surface area (Å²) in [7, 11) is 14.0. The Balaban J connectivity index is 0.00000109. The first-order valence-electron chi connectivity index (χ1n) is 16.7. The Kier molecular flexibility index (Phi) is 26.4. The number of carbonyl (C=O) groups excluding carboxylic acids is 3. The molecule has 3 N–H and O–H groups in total. The fraction of sp³-hybridized carbons (Fsp3) is 0.576. The molecule has 57 heavy (non-hydrogen) atoms.